The lowest BCUT2D eigenvalue weighted by Gasteiger charge is -2.19. The number of ether oxygens (including phenoxy) is 1. The molecule has 0 aliphatic rings. The van der Waals surface area contributed by atoms with Crippen LogP contribution in [0.1, 0.15) is 38.3 Å². The van der Waals surface area contributed by atoms with Crippen LogP contribution in [0.3, 0.4) is 0 Å². The minimum Gasteiger partial charge on any atom is -0.382 e. The highest BCUT2D eigenvalue weighted by atomic mass is 16.5. The van der Waals surface area contributed by atoms with E-state index in [1.165, 1.54) is 0 Å². The van der Waals surface area contributed by atoms with Crippen LogP contribution in [0.5, 0.6) is 0 Å². The van der Waals surface area contributed by atoms with E-state index in [0.29, 0.717) is 12.1 Å². The quantitative estimate of drug-likeness (QED) is 0.767. The van der Waals surface area contributed by atoms with E-state index in [9.17, 15) is 0 Å². The van der Waals surface area contributed by atoms with Gasteiger partial charge in [-0.1, -0.05) is 6.92 Å². The van der Waals surface area contributed by atoms with Crippen molar-refractivity contribution in [2.24, 2.45) is 0 Å². The summed E-state index contributed by atoms with van der Waals surface area (Å²) in [5, 5.41) is 3.44. The predicted octanol–water partition coefficient (Wildman–Crippen LogP) is 1.94. The molecule has 0 bridgehead atoms. The van der Waals surface area contributed by atoms with Crippen molar-refractivity contribution in [2.75, 3.05) is 13.7 Å². The molecule has 2 atom stereocenters. The number of hydrogen-bond donors (Lipinski definition) is 1. The summed E-state index contributed by atoms with van der Waals surface area (Å²) >= 11 is 0. The van der Waals surface area contributed by atoms with Crippen molar-refractivity contribution in [3.8, 4) is 0 Å². The lowest BCUT2D eigenvalue weighted by molar-refractivity contribution is 0.106. The lowest BCUT2D eigenvalue weighted by Crippen LogP contribution is -2.22. The molecule has 1 aromatic heterocycles. The molecule has 0 spiro atoms. The predicted molar refractivity (Wildman–Crippen MR) is 64.2 cm³/mol. The van der Waals surface area contributed by atoms with Crippen LogP contribution < -0.4 is 5.32 Å². The Kier molecular flexibility index (Phi) is 5.96. The molecule has 1 heterocycles. The Hall–Kier alpha value is -1.00. The van der Waals surface area contributed by atoms with Crippen LogP contribution in [0.15, 0.2) is 18.7 Å². The molecule has 90 valence electrons. The third-order valence-electron chi connectivity index (χ3n) is 2.70. The number of aromatic nitrogens is 2. The Morgan fingerprint density at radius 3 is 2.56 bits per heavy atom. The van der Waals surface area contributed by atoms with Crippen LogP contribution in [-0.2, 0) is 4.74 Å². The molecule has 0 fully saturated rings. The van der Waals surface area contributed by atoms with Gasteiger partial charge in [-0.2, -0.15) is 0 Å². The van der Waals surface area contributed by atoms with E-state index < -0.39 is 0 Å². The average molecular weight is 223 g/mol. The molecule has 0 saturated heterocycles. The molecule has 0 amide bonds. The van der Waals surface area contributed by atoms with Crippen molar-refractivity contribution < 1.29 is 4.74 Å². The zero-order valence-electron chi connectivity index (χ0n) is 10.3. The maximum absolute atomic E-state index is 5.26. The number of nitrogens with zero attached hydrogens (tertiary/aromatic N) is 2. The van der Waals surface area contributed by atoms with E-state index in [1.54, 1.807) is 13.4 Å². The van der Waals surface area contributed by atoms with Crippen molar-refractivity contribution in [3.05, 3.63) is 24.3 Å². The Labute approximate surface area is 97.5 Å². The van der Waals surface area contributed by atoms with Crippen molar-refractivity contribution in [2.45, 2.75) is 38.8 Å². The van der Waals surface area contributed by atoms with Crippen molar-refractivity contribution in [1.82, 2.24) is 15.3 Å². The van der Waals surface area contributed by atoms with Crippen LogP contribution in [0, 0.1) is 0 Å². The third kappa shape index (κ3) is 4.24. The molecule has 0 saturated carbocycles. The standard InChI is InChI=1S/C12H21N3O/c1-4-15-12(6-5-10(2)16-3)11-7-13-9-14-8-11/h7-10,12,15H,4-6H2,1-3H3. The molecule has 0 aromatic carbocycles. The first kappa shape index (κ1) is 13.1. The van der Waals surface area contributed by atoms with E-state index in [0.717, 1.165) is 24.9 Å². The normalized spacial score (nSPS) is 14.7. The van der Waals surface area contributed by atoms with E-state index >= 15 is 0 Å². The summed E-state index contributed by atoms with van der Waals surface area (Å²) in [4.78, 5) is 8.11. The summed E-state index contributed by atoms with van der Waals surface area (Å²) in [5.74, 6) is 0. The van der Waals surface area contributed by atoms with Gasteiger partial charge in [0.25, 0.3) is 0 Å². The summed E-state index contributed by atoms with van der Waals surface area (Å²) in [5.41, 5.74) is 1.15. The maximum Gasteiger partial charge on any atom is 0.115 e. The SMILES string of the molecule is CCNC(CCC(C)OC)c1cncnc1. The minimum atomic E-state index is 0.297. The number of hydrogen-bond acceptors (Lipinski definition) is 4. The van der Waals surface area contributed by atoms with Crippen molar-refractivity contribution >= 4 is 0 Å². The van der Waals surface area contributed by atoms with Crippen LogP contribution >= 0.6 is 0 Å². The van der Waals surface area contributed by atoms with Gasteiger partial charge < -0.3 is 10.1 Å². The molecule has 4 nitrogen and oxygen atoms in total. The summed E-state index contributed by atoms with van der Waals surface area (Å²) < 4.78 is 5.26. The van der Waals surface area contributed by atoms with E-state index in [4.69, 9.17) is 4.74 Å². The Bertz CT molecular complexity index is 279. The second-order valence-corrected chi connectivity index (χ2v) is 3.91. The Balaban J connectivity index is 2.54. The second kappa shape index (κ2) is 7.30. The zero-order valence-corrected chi connectivity index (χ0v) is 10.3. The van der Waals surface area contributed by atoms with Gasteiger partial charge in [-0.05, 0) is 26.3 Å². The van der Waals surface area contributed by atoms with Gasteiger partial charge >= 0.3 is 0 Å². The van der Waals surface area contributed by atoms with E-state index in [2.05, 4.69) is 29.1 Å². The van der Waals surface area contributed by atoms with E-state index in [1.807, 2.05) is 12.4 Å². The fraction of sp³-hybridized carbons (Fsp3) is 0.667. The number of methoxy groups -OCH3 is 1. The van der Waals surface area contributed by atoms with Crippen LogP contribution in [0.2, 0.25) is 0 Å². The summed E-state index contributed by atoms with van der Waals surface area (Å²) in [6.45, 7) is 5.14. The molecule has 1 aromatic rings. The van der Waals surface area contributed by atoms with Crippen molar-refractivity contribution in [1.29, 1.82) is 0 Å². The van der Waals surface area contributed by atoms with Gasteiger partial charge in [0.2, 0.25) is 0 Å². The first-order chi connectivity index (χ1) is 7.77. The highest BCUT2D eigenvalue weighted by Gasteiger charge is 2.12. The first-order valence-corrected chi connectivity index (χ1v) is 5.79. The topological polar surface area (TPSA) is 47.0 Å². The number of nitrogens with one attached hydrogen (secondary N) is 1. The largest absolute Gasteiger partial charge is 0.382 e. The fourth-order valence-corrected chi connectivity index (χ4v) is 1.64. The maximum atomic E-state index is 5.26. The highest BCUT2D eigenvalue weighted by Crippen LogP contribution is 2.18. The Morgan fingerprint density at radius 1 is 1.31 bits per heavy atom. The van der Waals surface area contributed by atoms with Crippen LogP contribution in [0.4, 0.5) is 0 Å². The van der Waals surface area contributed by atoms with Gasteiger partial charge in [-0.3, -0.25) is 0 Å². The monoisotopic (exact) mass is 223 g/mol. The molecule has 16 heavy (non-hydrogen) atoms. The lowest BCUT2D eigenvalue weighted by atomic mass is 10.0. The molecule has 4 heteroatoms. The minimum absolute atomic E-state index is 0.297. The molecule has 0 aliphatic carbocycles. The third-order valence-corrected chi connectivity index (χ3v) is 2.70. The summed E-state index contributed by atoms with van der Waals surface area (Å²) in [6, 6.07) is 0.323. The second-order valence-electron chi connectivity index (χ2n) is 3.91. The van der Waals surface area contributed by atoms with Gasteiger partial charge in [0, 0.05) is 31.1 Å². The van der Waals surface area contributed by atoms with Gasteiger partial charge in [0.05, 0.1) is 6.10 Å². The van der Waals surface area contributed by atoms with Gasteiger partial charge in [0.15, 0.2) is 0 Å². The molecule has 0 radical (unpaired) electrons. The molecular weight excluding hydrogens is 202 g/mol. The summed E-state index contributed by atoms with van der Waals surface area (Å²) in [6.07, 6.45) is 7.67. The van der Waals surface area contributed by atoms with E-state index in [-0.39, 0.29) is 0 Å². The fourth-order valence-electron chi connectivity index (χ4n) is 1.64. The zero-order chi connectivity index (χ0) is 11.8. The van der Waals surface area contributed by atoms with Gasteiger partial charge in [0.1, 0.15) is 6.33 Å². The molecule has 2 unspecified atom stereocenters. The average Bonchev–Trinajstić information content (AvgIpc) is 2.35. The molecular formula is C12H21N3O. The first-order valence-electron chi connectivity index (χ1n) is 5.79. The Morgan fingerprint density at radius 2 is 2.00 bits per heavy atom. The van der Waals surface area contributed by atoms with Gasteiger partial charge in [-0.15, -0.1) is 0 Å². The smallest absolute Gasteiger partial charge is 0.115 e. The molecule has 0 aliphatic heterocycles. The molecule has 1 rings (SSSR count). The summed E-state index contributed by atoms with van der Waals surface area (Å²) in [7, 11) is 1.75. The van der Waals surface area contributed by atoms with Crippen molar-refractivity contribution in [3.63, 3.8) is 0 Å². The highest BCUT2D eigenvalue weighted by molar-refractivity contribution is 5.08. The molecule has 1 N–H and O–H groups in total. The van der Waals surface area contributed by atoms with Gasteiger partial charge in [-0.25, -0.2) is 9.97 Å². The number of rotatable bonds is 7. The van der Waals surface area contributed by atoms with Crippen LogP contribution in [0.25, 0.3) is 0 Å². The van der Waals surface area contributed by atoms with Crippen LogP contribution in [-0.4, -0.2) is 29.7 Å².